The Hall–Kier alpha value is -2.56. The quantitative estimate of drug-likeness (QED) is 0.383. The van der Waals surface area contributed by atoms with E-state index in [1.54, 1.807) is 12.3 Å². The van der Waals surface area contributed by atoms with Crippen LogP contribution in [0.25, 0.3) is 0 Å². The Bertz CT molecular complexity index is 604. The summed E-state index contributed by atoms with van der Waals surface area (Å²) < 4.78 is 5.76. The maximum Gasteiger partial charge on any atom is 0.173 e. The van der Waals surface area contributed by atoms with Crippen LogP contribution in [0.1, 0.15) is 16.7 Å². The van der Waals surface area contributed by atoms with Gasteiger partial charge in [0.15, 0.2) is 11.6 Å². The maximum atomic E-state index is 8.75. The first-order chi connectivity index (χ1) is 9.10. The third-order valence-electron chi connectivity index (χ3n) is 2.59. The van der Waals surface area contributed by atoms with Gasteiger partial charge in [-0.2, -0.15) is 0 Å². The van der Waals surface area contributed by atoms with E-state index in [1.165, 1.54) is 6.20 Å². The SMILES string of the molecule is Cc1cc(C)cc(Oc2cnccc2/C(N)=N/O)c1. The highest BCUT2D eigenvalue weighted by Crippen LogP contribution is 2.26. The number of nitrogens with zero attached hydrogens (tertiary/aromatic N) is 2. The summed E-state index contributed by atoms with van der Waals surface area (Å²) in [5, 5.41) is 11.7. The number of aromatic nitrogens is 1. The van der Waals surface area contributed by atoms with Gasteiger partial charge in [0.25, 0.3) is 0 Å². The van der Waals surface area contributed by atoms with Crippen molar-refractivity contribution < 1.29 is 9.94 Å². The van der Waals surface area contributed by atoms with E-state index in [9.17, 15) is 0 Å². The minimum atomic E-state index is -0.0122. The second-order valence-electron chi connectivity index (χ2n) is 4.28. The number of aryl methyl sites for hydroxylation is 2. The minimum absolute atomic E-state index is 0.0122. The van der Waals surface area contributed by atoms with Gasteiger partial charge in [-0.05, 0) is 43.2 Å². The third-order valence-corrected chi connectivity index (χ3v) is 2.59. The Morgan fingerprint density at radius 2 is 1.95 bits per heavy atom. The summed E-state index contributed by atoms with van der Waals surface area (Å²) in [5.74, 6) is 1.13. The van der Waals surface area contributed by atoms with Gasteiger partial charge >= 0.3 is 0 Å². The predicted molar refractivity (Wildman–Crippen MR) is 72.7 cm³/mol. The molecule has 0 spiro atoms. The standard InChI is InChI=1S/C14H15N3O2/c1-9-5-10(2)7-11(6-9)19-13-8-16-4-3-12(13)14(15)17-18/h3-8,18H,1-2H3,(H2,15,17). The van der Waals surface area contributed by atoms with Crippen LogP contribution in [-0.4, -0.2) is 16.0 Å². The number of rotatable bonds is 3. The van der Waals surface area contributed by atoms with E-state index in [1.807, 2.05) is 26.0 Å². The summed E-state index contributed by atoms with van der Waals surface area (Å²) in [4.78, 5) is 3.99. The first-order valence-corrected chi connectivity index (χ1v) is 5.78. The van der Waals surface area contributed by atoms with Crippen LogP contribution < -0.4 is 10.5 Å². The van der Waals surface area contributed by atoms with Crippen LogP contribution in [0.15, 0.2) is 41.8 Å². The van der Waals surface area contributed by atoms with Gasteiger partial charge in [0.2, 0.25) is 0 Å². The number of oxime groups is 1. The molecule has 5 heteroatoms. The van der Waals surface area contributed by atoms with Gasteiger partial charge in [-0.1, -0.05) is 11.2 Å². The van der Waals surface area contributed by atoms with Crippen LogP contribution in [0.2, 0.25) is 0 Å². The number of hydrogen-bond acceptors (Lipinski definition) is 4. The van der Waals surface area contributed by atoms with Gasteiger partial charge in [-0.15, -0.1) is 0 Å². The monoisotopic (exact) mass is 257 g/mol. The molecule has 1 heterocycles. The Kier molecular flexibility index (Phi) is 3.66. The molecule has 0 bridgehead atoms. The van der Waals surface area contributed by atoms with Crippen molar-refractivity contribution in [2.45, 2.75) is 13.8 Å². The van der Waals surface area contributed by atoms with Gasteiger partial charge in [-0.25, -0.2) is 0 Å². The van der Waals surface area contributed by atoms with Crippen molar-refractivity contribution in [3.8, 4) is 11.5 Å². The van der Waals surface area contributed by atoms with Gasteiger partial charge < -0.3 is 15.7 Å². The van der Waals surface area contributed by atoms with Crippen LogP contribution in [0.3, 0.4) is 0 Å². The van der Waals surface area contributed by atoms with Crippen LogP contribution in [-0.2, 0) is 0 Å². The highest BCUT2D eigenvalue weighted by atomic mass is 16.5. The fourth-order valence-electron chi connectivity index (χ4n) is 1.85. The molecule has 2 rings (SSSR count). The summed E-state index contributed by atoms with van der Waals surface area (Å²) in [7, 11) is 0. The second-order valence-corrected chi connectivity index (χ2v) is 4.28. The Labute approximate surface area is 111 Å². The Morgan fingerprint density at radius 3 is 2.58 bits per heavy atom. The largest absolute Gasteiger partial charge is 0.455 e. The highest BCUT2D eigenvalue weighted by molar-refractivity contribution is 5.99. The van der Waals surface area contributed by atoms with Crippen molar-refractivity contribution in [2.75, 3.05) is 0 Å². The topological polar surface area (TPSA) is 80.7 Å². The molecule has 0 saturated heterocycles. The molecule has 5 nitrogen and oxygen atoms in total. The molecule has 0 aliphatic heterocycles. The first-order valence-electron chi connectivity index (χ1n) is 5.78. The van der Waals surface area contributed by atoms with Crippen molar-refractivity contribution in [2.24, 2.45) is 10.9 Å². The van der Waals surface area contributed by atoms with E-state index in [0.717, 1.165) is 11.1 Å². The Balaban J connectivity index is 2.38. The molecule has 0 atom stereocenters. The van der Waals surface area contributed by atoms with E-state index in [4.69, 9.17) is 15.7 Å². The molecule has 0 unspecified atom stereocenters. The van der Waals surface area contributed by atoms with Crippen molar-refractivity contribution in [1.29, 1.82) is 0 Å². The lowest BCUT2D eigenvalue weighted by molar-refractivity contribution is 0.318. The number of benzene rings is 1. The Morgan fingerprint density at radius 1 is 1.26 bits per heavy atom. The maximum absolute atomic E-state index is 8.75. The number of hydrogen-bond donors (Lipinski definition) is 2. The molecule has 2 aromatic rings. The van der Waals surface area contributed by atoms with Gasteiger partial charge in [0, 0.05) is 6.20 Å². The second kappa shape index (κ2) is 5.39. The van der Waals surface area contributed by atoms with E-state index in [2.05, 4.69) is 16.2 Å². The van der Waals surface area contributed by atoms with Crippen molar-refractivity contribution in [3.63, 3.8) is 0 Å². The van der Waals surface area contributed by atoms with Gasteiger partial charge in [0.1, 0.15) is 5.75 Å². The average molecular weight is 257 g/mol. The van der Waals surface area contributed by atoms with Crippen LogP contribution in [0.4, 0.5) is 0 Å². The molecule has 0 amide bonds. The molecule has 0 saturated carbocycles. The molecule has 98 valence electrons. The third kappa shape index (κ3) is 3.01. The van der Waals surface area contributed by atoms with Crippen molar-refractivity contribution in [1.82, 2.24) is 4.98 Å². The lowest BCUT2D eigenvalue weighted by Crippen LogP contribution is -2.14. The fourth-order valence-corrected chi connectivity index (χ4v) is 1.85. The molecule has 0 fully saturated rings. The van der Waals surface area contributed by atoms with E-state index in [-0.39, 0.29) is 5.84 Å². The van der Waals surface area contributed by atoms with Gasteiger partial charge in [0.05, 0.1) is 11.8 Å². The molecule has 1 aromatic carbocycles. The zero-order valence-electron chi connectivity index (χ0n) is 10.8. The molecule has 0 radical (unpaired) electrons. The van der Waals surface area contributed by atoms with E-state index < -0.39 is 0 Å². The molecule has 3 N–H and O–H groups in total. The van der Waals surface area contributed by atoms with Crippen molar-refractivity contribution in [3.05, 3.63) is 53.3 Å². The van der Waals surface area contributed by atoms with E-state index in [0.29, 0.717) is 17.1 Å². The summed E-state index contributed by atoms with van der Waals surface area (Å²) in [6, 6.07) is 7.51. The summed E-state index contributed by atoms with van der Waals surface area (Å²) in [6.07, 6.45) is 3.09. The highest BCUT2D eigenvalue weighted by Gasteiger charge is 2.09. The smallest absolute Gasteiger partial charge is 0.173 e. The van der Waals surface area contributed by atoms with E-state index >= 15 is 0 Å². The van der Waals surface area contributed by atoms with Crippen LogP contribution in [0.5, 0.6) is 11.5 Å². The lowest BCUT2D eigenvalue weighted by atomic mass is 10.1. The minimum Gasteiger partial charge on any atom is -0.455 e. The summed E-state index contributed by atoms with van der Waals surface area (Å²) in [5.41, 5.74) is 8.30. The lowest BCUT2D eigenvalue weighted by Gasteiger charge is -2.10. The van der Waals surface area contributed by atoms with Crippen molar-refractivity contribution >= 4 is 5.84 Å². The summed E-state index contributed by atoms with van der Waals surface area (Å²) >= 11 is 0. The predicted octanol–water partition coefficient (Wildman–Crippen LogP) is 2.59. The molecular weight excluding hydrogens is 242 g/mol. The molecule has 0 aliphatic carbocycles. The normalized spacial score (nSPS) is 11.4. The summed E-state index contributed by atoms with van der Waals surface area (Å²) in [6.45, 7) is 3.99. The molecule has 1 aromatic heterocycles. The molecule has 19 heavy (non-hydrogen) atoms. The number of nitrogens with two attached hydrogens (primary N) is 1. The average Bonchev–Trinajstić information content (AvgIpc) is 2.37. The fraction of sp³-hybridized carbons (Fsp3) is 0.143. The zero-order valence-corrected chi connectivity index (χ0v) is 10.8. The number of pyridine rings is 1. The number of ether oxygens (including phenoxy) is 1. The molecular formula is C14H15N3O2. The first kappa shape index (κ1) is 12.9. The van der Waals surface area contributed by atoms with Crippen LogP contribution >= 0.6 is 0 Å². The number of amidine groups is 1. The van der Waals surface area contributed by atoms with Gasteiger partial charge in [-0.3, -0.25) is 4.98 Å². The zero-order chi connectivity index (χ0) is 13.8. The molecule has 0 aliphatic rings. The van der Waals surface area contributed by atoms with Crippen LogP contribution in [0, 0.1) is 13.8 Å².